The molecule has 7 nitrogen and oxygen atoms in total. The summed E-state index contributed by atoms with van der Waals surface area (Å²) in [6.07, 6.45) is 1.71. The zero-order valence-corrected chi connectivity index (χ0v) is 11.2. The van der Waals surface area contributed by atoms with E-state index in [0.29, 0.717) is 36.7 Å². The van der Waals surface area contributed by atoms with Gasteiger partial charge in [0.2, 0.25) is 0 Å². The van der Waals surface area contributed by atoms with E-state index in [1.807, 2.05) is 13.8 Å². The van der Waals surface area contributed by atoms with E-state index in [4.69, 9.17) is 4.74 Å². The lowest BCUT2D eigenvalue weighted by Crippen LogP contribution is -2.30. The Bertz CT molecular complexity index is 668. The highest BCUT2D eigenvalue weighted by molar-refractivity contribution is 5.69. The Morgan fingerprint density at radius 1 is 1.21 bits per heavy atom. The van der Waals surface area contributed by atoms with E-state index in [-0.39, 0.29) is 0 Å². The maximum Gasteiger partial charge on any atom is 0.330 e. The van der Waals surface area contributed by atoms with E-state index < -0.39 is 11.2 Å². The van der Waals surface area contributed by atoms with E-state index >= 15 is 0 Å². The number of fused-ring (bicyclic) bond motifs is 1. The van der Waals surface area contributed by atoms with E-state index in [1.54, 1.807) is 0 Å². The molecular weight excluding hydrogens is 248 g/mol. The van der Waals surface area contributed by atoms with Crippen LogP contribution in [-0.2, 0) is 17.9 Å². The molecule has 2 aromatic rings. The predicted octanol–water partition coefficient (Wildman–Crippen LogP) is 0.749. The fourth-order valence-corrected chi connectivity index (χ4v) is 1.90. The molecule has 0 fully saturated rings. The highest BCUT2D eigenvalue weighted by Gasteiger charge is 2.12. The Morgan fingerprint density at radius 2 is 2.00 bits per heavy atom. The van der Waals surface area contributed by atoms with Crippen LogP contribution in [0.15, 0.2) is 9.59 Å². The van der Waals surface area contributed by atoms with Crippen molar-refractivity contribution in [3.8, 4) is 0 Å². The van der Waals surface area contributed by atoms with Gasteiger partial charge in [0.1, 0.15) is 17.9 Å². The number of H-pyrrole nitrogens is 2. The number of aromatic nitrogens is 4. The summed E-state index contributed by atoms with van der Waals surface area (Å²) in [5, 5.41) is 0. The van der Waals surface area contributed by atoms with Crippen LogP contribution < -0.4 is 11.2 Å². The summed E-state index contributed by atoms with van der Waals surface area (Å²) in [6.45, 7) is 5.44. The van der Waals surface area contributed by atoms with E-state index in [9.17, 15) is 9.59 Å². The van der Waals surface area contributed by atoms with Crippen molar-refractivity contribution in [1.82, 2.24) is 19.5 Å². The molecule has 0 aliphatic rings. The molecule has 0 aromatic carbocycles. The molecule has 2 aromatic heterocycles. The van der Waals surface area contributed by atoms with E-state index in [1.165, 1.54) is 4.57 Å². The van der Waals surface area contributed by atoms with Gasteiger partial charge in [-0.25, -0.2) is 9.78 Å². The van der Waals surface area contributed by atoms with Gasteiger partial charge in [-0.15, -0.1) is 0 Å². The van der Waals surface area contributed by atoms with Gasteiger partial charge in [-0.05, 0) is 12.8 Å². The lowest BCUT2D eigenvalue weighted by atomic mass is 10.4. The zero-order valence-electron chi connectivity index (χ0n) is 11.2. The third-order valence-corrected chi connectivity index (χ3v) is 2.72. The van der Waals surface area contributed by atoms with Crippen LogP contribution in [0.3, 0.4) is 0 Å². The summed E-state index contributed by atoms with van der Waals surface area (Å²) in [6, 6.07) is 0. The first-order valence-electron chi connectivity index (χ1n) is 6.46. The molecule has 2 N–H and O–H groups in total. The molecule has 0 saturated heterocycles. The molecule has 2 rings (SSSR count). The average Bonchev–Trinajstić information content (AvgIpc) is 2.79. The molecule has 2 heterocycles. The second-order valence-corrected chi connectivity index (χ2v) is 4.35. The minimum Gasteiger partial charge on any atom is -0.374 e. The Balaban J connectivity index is 2.45. The van der Waals surface area contributed by atoms with Crippen LogP contribution in [0.25, 0.3) is 11.2 Å². The lowest BCUT2D eigenvalue weighted by molar-refractivity contribution is 0.117. The van der Waals surface area contributed by atoms with Crippen molar-refractivity contribution >= 4 is 11.2 Å². The standard InChI is InChI=1S/C12H18N4O3/c1-3-5-16-10-9(11(17)15-12(16)18)13-8(14-10)7-19-6-4-2/h3-7H2,1-2H3,(H,13,14)(H,15,17,18). The molecule has 0 spiro atoms. The van der Waals surface area contributed by atoms with Crippen LogP contribution in [0.1, 0.15) is 32.5 Å². The molecule has 0 saturated carbocycles. The Kier molecular flexibility index (Phi) is 4.16. The first kappa shape index (κ1) is 13.5. The van der Waals surface area contributed by atoms with Gasteiger partial charge >= 0.3 is 5.69 Å². The topological polar surface area (TPSA) is 92.8 Å². The van der Waals surface area contributed by atoms with Crippen molar-refractivity contribution in [3.05, 3.63) is 26.7 Å². The lowest BCUT2D eigenvalue weighted by Gasteiger charge is -2.02. The zero-order chi connectivity index (χ0) is 13.8. The van der Waals surface area contributed by atoms with Gasteiger partial charge in [0, 0.05) is 13.2 Å². The van der Waals surface area contributed by atoms with Gasteiger partial charge in [0.05, 0.1) is 0 Å². The van der Waals surface area contributed by atoms with Crippen LogP contribution in [-0.4, -0.2) is 26.1 Å². The smallest absolute Gasteiger partial charge is 0.330 e. The highest BCUT2D eigenvalue weighted by Crippen LogP contribution is 2.06. The quantitative estimate of drug-likeness (QED) is 0.754. The summed E-state index contributed by atoms with van der Waals surface area (Å²) in [5.41, 5.74) is -0.151. The minimum absolute atomic E-state index is 0.308. The Morgan fingerprint density at radius 3 is 2.68 bits per heavy atom. The molecule has 0 amide bonds. The summed E-state index contributed by atoms with van der Waals surface area (Å²) < 4.78 is 6.84. The number of hydrogen-bond donors (Lipinski definition) is 2. The molecule has 0 aliphatic carbocycles. The molecule has 104 valence electrons. The van der Waals surface area contributed by atoms with Crippen LogP contribution in [0, 0.1) is 0 Å². The number of aryl methyl sites for hydroxylation is 1. The molecule has 0 unspecified atom stereocenters. The maximum atomic E-state index is 11.7. The molecule has 19 heavy (non-hydrogen) atoms. The predicted molar refractivity (Wildman–Crippen MR) is 71.2 cm³/mol. The minimum atomic E-state index is -0.443. The highest BCUT2D eigenvalue weighted by atomic mass is 16.5. The van der Waals surface area contributed by atoms with Gasteiger partial charge in [-0.3, -0.25) is 14.3 Å². The number of ether oxygens (including phenoxy) is 1. The summed E-state index contributed by atoms with van der Waals surface area (Å²) in [4.78, 5) is 32.9. The summed E-state index contributed by atoms with van der Waals surface area (Å²) >= 11 is 0. The monoisotopic (exact) mass is 266 g/mol. The molecule has 7 heteroatoms. The van der Waals surface area contributed by atoms with Crippen LogP contribution >= 0.6 is 0 Å². The Labute approximate surface area is 109 Å². The van der Waals surface area contributed by atoms with Crippen LogP contribution in [0.2, 0.25) is 0 Å². The van der Waals surface area contributed by atoms with Crippen LogP contribution in [0.5, 0.6) is 0 Å². The van der Waals surface area contributed by atoms with Crippen molar-refractivity contribution in [2.24, 2.45) is 0 Å². The number of imidazole rings is 1. The third-order valence-electron chi connectivity index (χ3n) is 2.72. The number of nitrogens with one attached hydrogen (secondary N) is 2. The van der Waals surface area contributed by atoms with Gasteiger partial charge in [-0.1, -0.05) is 13.8 Å². The van der Waals surface area contributed by atoms with E-state index in [0.717, 1.165) is 12.8 Å². The molecule has 0 bridgehead atoms. The summed E-state index contributed by atoms with van der Waals surface area (Å²) in [7, 11) is 0. The number of rotatable bonds is 6. The number of hydrogen-bond acceptors (Lipinski definition) is 4. The first-order valence-corrected chi connectivity index (χ1v) is 6.46. The molecule has 0 radical (unpaired) electrons. The van der Waals surface area contributed by atoms with E-state index in [2.05, 4.69) is 15.0 Å². The largest absolute Gasteiger partial charge is 0.374 e. The average molecular weight is 266 g/mol. The van der Waals surface area contributed by atoms with Crippen molar-refractivity contribution in [2.75, 3.05) is 6.61 Å². The van der Waals surface area contributed by atoms with Crippen molar-refractivity contribution < 1.29 is 4.74 Å². The number of nitrogens with zero attached hydrogens (tertiary/aromatic N) is 2. The number of aromatic amines is 2. The maximum absolute atomic E-state index is 11.7. The normalized spacial score (nSPS) is 11.3. The first-order chi connectivity index (χ1) is 9.17. The van der Waals surface area contributed by atoms with Crippen molar-refractivity contribution in [3.63, 3.8) is 0 Å². The molecule has 0 aliphatic heterocycles. The molecule has 0 atom stereocenters. The van der Waals surface area contributed by atoms with Crippen molar-refractivity contribution in [1.29, 1.82) is 0 Å². The van der Waals surface area contributed by atoms with Crippen molar-refractivity contribution in [2.45, 2.75) is 39.8 Å². The second kappa shape index (κ2) is 5.83. The second-order valence-electron chi connectivity index (χ2n) is 4.35. The van der Waals surface area contributed by atoms with Gasteiger partial charge in [-0.2, -0.15) is 0 Å². The Hall–Kier alpha value is -1.89. The van der Waals surface area contributed by atoms with Crippen LogP contribution in [0.4, 0.5) is 0 Å². The fraction of sp³-hybridized carbons (Fsp3) is 0.583. The van der Waals surface area contributed by atoms with Gasteiger partial charge < -0.3 is 9.72 Å². The SMILES string of the molecule is CCCOCc1nc2c([nH]1)c(=O)[nH]c(=O)n2CCC. The van der Waals surface area contributed by atoms with Gasteiger partial charge in [0.25, 0.3) is 5.56 Å². The third kappa shape index (κ3) is 2.76. The van der Waals surface area contributed by atoms with Gasteiger partial charge in [0.15, 0.2) is 5.65 Å². The fourth-order valence-electron chi connectivity index (χ4n) is 1.90. The molecular formula is C12H18N4O3. The summed E-state index contributed by atoms with van der Waals surface area (Å²) in [5.74, 6) is 0.560.